The Balaban J connectivity index is 1.89. The summed E-state index contributed by atoms with van der Waals surface area (Å²) in [6.07, 6.45) is 7.78. The summed E-state index contributed by atoms with van der Waals surface area (Å²) < 4.78 is 7.56. The molecule has 2 N–H and O–H groups in total. The maximum Gasteiger partial charge on any atom is 0.0770 e. The molecule has 14 heavy (non-hydrogen) atoms. The van der Waals surface area contributed by atoms with Gasteiger partial charge in [0.05, 0.1) is 18.8 Å². The lowest BCUT2D eigenvalue weighted by Gasteiger charge is -2.22. The standard InChI is InChI=1S/C10H17N3O/c11-5-9-6-12-13(7-9)8-10-3-1-2-4-14-10/h6-7,10H,1-5,8,11H2/t10-/m0/s1. The Hall–Kier alpha value is -0.870. The number of hydrogen-bond acceptors (Lipinski definition) is 3. The molecule has 1 fully saturated rings. The molecule has 1 saturated heterocycles. The summed E-state index contributed by atoms with van der Waals surface area (Å²) >= 11 is 0. The second kappa shape index (κ2) is 4.57. The van der Waals surface area contributed by atoms with E-state index >= 15 is 0 Å². The molecule has 78 valence electrons. The van der Waals surface area contributed by atoms with Gasteiger partial charge in [-0.2, -0.15) is 5.10 Å². The highest BCUT2D eigenvalue weighted by atomic mass is 16.5. The molecule has 2 rings (SSSR count). The Morgan fingerprint density at radius 1 is 1.57 bits per heavy atom. The third kappa shape index (κ3) is 2.33. The van der Waals surface area contributed by atoms with Gasteiger partial charge in [-0.1, -0.05) is 0 Å². The van der Waals surface area contributed by atoms with E-state index in [1.165, 1.54) is 12.8 Å². The number of ether oxygens (including phenoxy) is 1. The zero-order chi connectivity index (χ0) is 9.80. The number of nitrogens with two attached hydrogens (primary N) is 1. The fourth-order valence-corrected chi connectivity index (χ4v) is 1.77. The molecule has 2 heterocycles. The largest absolute Gasteiger partial charge is 0.376 e. The molecule has 0 aromatic carbocycles. The fourth-order valence-electron chi connectivity index (χ4n) is 1.77. The number of rotatable bonds is 3. The van der Waals surface area contributed by atoms with E-state index < -0.39 is 0 Å². The molecule has 0 spiro atoms. The van der Waals surface area contributed by atoms with Crippen LogP contribution in [0.1, 0.15) is 24.8 Å². The van der Waals surface area contributed by atoms with Gasteiger partial charge in [0, 0.05) is 24.9 Å². The Bertz CT molecular complexity index is 279. The molecule has 0 aliphatic carbocycles. The van der Waals surface area contributed by atoms with Gasteiger partial charge in [0.15, 0.2) is 0 Å². The normalized spacial score (nSPS) is 22.5. The summed E-state index contributed by atoms with van der Waals surface area (Å²) in [6.45, 7) is 2.32. The van der Waals surface area contributed by atoms with Crippen LogP contribution in [0.15, 0.2) is 12.4 Å². The highest BCUT2D eigenvalue weighted by Gasteiger charge is 2.14. The van der Waals surface area contributed by atoms with Crippen molar-refractivity contribution in [1.82, 2.24) is 9.78 Å². The number of hydrogen-bond donors (Lipinski definition) is 1. The first kappa shape index (κ1) is 9.68. The monoisotopic (exact) mass is 195 g/mol. The van der Waals surface area contributed by atoms with Gasteiger partial charge in [-0.05, 0) is 19.3 Å². The van der Waals surface area contributed by atoms with Crippen LogP contribution in [0.4, 0.5) is 0 Å². The molecule has 4 heteroatoms. The van der Waals surface area contributed by atoms with E-state index in [0.29, 0.717) is 12.6 Å². The topological polar surface area (TPSA) is 53.1 Å². The maximum absolute atomic E-state index is 5.63. The van der Waals surface area contributed by atoms with Crippen molar-refractivity contribution in [1.29, 1.82) is 0 Å². The predicted octanol–water partition coefficient (Wildman–Crippen LogP) is 0.911. The van der Waals surface area contributed by atoms with Gasteiger partial charge in [-0.25, -0.2) is 0 Å². The van der Waals surface area contributed by atoms with Crippen molar-refractivity contribution in [2.45, 2.75) is 38.5 Å². The predicted molar refractivity (Wildman–Crippen MR) is 53.7 cm³/mol. The lowest BCUT2D eigenvalue weighted by molar-refractivity contribution is 0.00398. The van der Waals surface area contributed by atoms with Crippen LogP contribution in [0.2, 0.25) is 0 Å². The zero-order valence-corrected chi connectivity index (χ0v) is 8.35. The molecular formula is C10H17N3O. The van der Waals surface area contributed by atoms with Gasteiger partial charge < -0.3 is 10.5 Å². The SMILES string of the molecule is NCc1cnn(C[C@@H]2CCCCO2)c1. The summed E-state index contributed by atoms with van der Waals surface area (Å²) in [6, 6.07) is 0. The third-order valence-corrected chi connectivity index (χ3v) is 2.59. The Kier molecular flexibility index (Phi) is 3.16. The third-order valence-electron chi connectivity index (χ3n) is 2.59. The van der Waals surface area contributed by atoms with Crippen molar-refractivity contribution in [2.75, 3.05) is 6.61 Å². The smallest absolute Gasteiger partial charge is 0.0770 e. The van der Waals surface area contributed by atoms with Crippen molar-refractivity contribution in [3.05, 3.63) is 18.0 Å². The maximum atomic E-state index is 5.63. The summed E-state index contributed by atoms with van der Waals surface area (Å²) in [7, 11) is 0. The minimum Gasteiger partial charge on any atom is -0.376 e. The molecule has 0 amide bonds. The lowest BCUT2D eigenvalue weighted by Crippen LogP contribution is -2.24. The molecule has 0 unspecified atom stereocenters. The average molecular weight is 195 g/mol. The number of nitrogens with zero attached hydrogens (tertiary/aromatic N) is 2. The first-order valence-electron chi connectivity index (χ1n) is 5.21. The zero-order valence-electron chi connectivity index (χ0n) is 8.35. The summed E-state index contributed by atoms with van der Waals surface area (Å²) in [5.41, 5.74) is 6.60. The minimum absolute atomic E-state index is 0.342. The first-order valence-corrected chi connectivity index (χ1v) is 5.21. The van der Waals surface area contributed by atoms with Crippen molar-refractivity contribution in [3.63, 3.8) is 0 Å². The van der Waals surface area contributed by atoms with E-state index in [1.807, 2.05) is 17.1 Å². The second-order valence-electron chi connectivity index (χ2n) is 3.76. The van der Waals surface area contributed by atoms with Crippen molar-refractivity contribution in [2.24, 2.45) is 5.73 Å². The summed E-state index contributed by atoms with van der Waals surface area (Å²) in [5.74, 6) is 0. The fraction of sp³-hybridized carbons (Fsp3) is 0.700. The van der Waals surface area contributed by atoms with Crippen LogP contribution < -0.4 is 5.73 Å². The van der Waals surface area contributed by atoms with Crippen LogP contribution in [0.25, 0.3) is 0 Å². The van der Waals surface area contributed by atoms with Crippen LogP contribution in [0.3, 0.4) is 0 Å². The summed E-state index contributed by atoms with van der Waals surface area (Å²) in [5, 5.41) is 4.24. The van der Waals surface area contributed by atoms with Crippen LogP contribution in [-0.2, 0) is 17.8 Å². The molecule has 1 aliphatic heterocycles. The molecular weight excluding hydrogens is 178 g/mol. The van der Waals surface area contributed by atoms with Crippen LogP contribution >= 0.6 is 0 Å². The van der Waals surface area contributed by atoms with E-state index in [9.17, 15) is 0 Å². The van der Waals surface area contributed by atoms with Gasteiger partial charge in [0.1, 0.15) is 0 Å². The van der Waals surface area contributed by atoms with Gasteiger partial charge in [-0.15, -0.1) is 0 Å². The molecule has 1 aromatic heterocycles. The minimum atomic E-state index is 0.342. The van der Waals surface area contributed by atoms with Gasteiger partial charge >= 0.3 is 0 Å². The van der Waals surface area contributed by atoms with E-state index in [-0.39, 0.29) is 0 Å². The quantitative estimate of drug-likeness (QED) is 0.780. The highest BCUT2D eigenvalue weighted by Crippen LogP contribution is 2.14. The van der Waals surface area contributed by atoms with Crippen LogP contribution in [0, 0.1) is 0 Å². The molecule has 1 aliphatic rings. The number of aromatic nitrogens is 2. The Morgan fingerprint density at radius 2 is 2.50 bits per heavy atom. The first-order chi connectivity index (χ1) is 6.88. The van der Waals surface area contributed by atoms with Gasteiger partial charge in [0.25, 0.3) is 0 Å². The van der Waals surface area contributed by atoms with Crippen molar-refractivity contribution < 1.29 is 4.74 Å². The van der Waals surface area contributed by atoms with E-state index in [4.69, 9.17) is 10.5 Å². The van der Waals surface area contributed by atoms with Crippen LogP contribution in [0.5, 0.6) is 0 Å². The van der Waals surface area contributed by atoms with E-state index in [2.05, 4.69) is 5.10 Å². The molecule has 0 saturated carbocycles. The van der Waals surface area contributed by atoms with E-state index in [1.54, 1.807) is 0 Å². The van der Waals surface area contributed by atoms with Crippen molar-refractivity contribution >= 4 is 0 Å². The van der Waals surface area contributed by atoms with E-state index in [0.717, 1.165) is 25.1 Å². The molecule has 0 radical (unpaired) electrons. The second-order valence-corrected chi connectivity index (χ2v) is 3.76. The average Bonchev–Trinajstić information content (AvgIpc) is 2.67. The Morgan fingerprint density at radius 3 is 3.14 bits per heavy atom. The molecule has 0 bridgehead atoms. The molecule has 1 aromatic rings. The lowest BCUT2D eigenvalue weighted by atomic mass is 10.1. The highest BCUT2D eigenvalue weighted by molar-refractivity contribution is 5.02. The van der Waals surface area contributed by atoms with Crippen molar-refractivity contribution in [3.8, 4) is 0 Å². The van der Waals surface area contributed by atoms with Gasteiger partial charge in [0.2, 0.25) is 0 Å². The van der Waals surface area contributed by atoms with Gasteiger partial charge in [-0.3, -0.25) is 4.68 Å². The molecule has 4 nitrogen and oxygen atoms in total. The summed E-state index contributed by atoms with van der Waals surface area (Å²) in [4.78, 5) is 0. The van der Waals surface area contributed by atoms with Crippen LogP contribution in [-0.4, -0.2) is 22.5 Å². The molecule has 1 atom stereocenters. The Labute approximate surface area is 84.0 Å².